The first kappa shape index (κ1) is 18.0. The lowest BCUT2D eigenvalue weighted by atomic mass is 10.1. The van der Waals surface area contributed by atoms with Gasteiger partial charge in [-0.3, -0.25) is 0 Å². The summed E-state index contributed by atoms with van der Waals surface area (Å²) in [5.74, 6) is 1.73. The Morgan fingerprint density at radius 3 is 2.37 bits per heavy atom. The van der Waals surface area contributed by atoms with Crippen molar-refractivity contribution in [3.63, 3.8) is 0 Å². The summed E-state index contributed by atoms with van der Waals surface area (Å²) in [4.78, 5) is 10.8. The van der Waals surface area contributed by atoms with Gasteiger partial charge in [0.1, 0.15) is 0 Å². The van der Waals surface area contributed by atoms with E-state index in [1.54, 1.807) is 30.6 Å². The molecule has 0 aliphatic carbocycles. The van der Waals surface area contributed by atoms with Gasteiger partial charge >= 0.3 is 0 Å². The average Bonchev–Trinajstić information content (AvgIpc) is 3.16. The Balaban J connectivity index is 1.57. The molecule has 1 aromatic heterocycles. The summed E-state index contributed by atoms with van der Waals surface area (Å²) < 4.78 is 39.0. The molecular formula is C18H22N4O4S. The van der Waals surface area contributed by atoms with Crippen molar-refractivity contribution < 1.29 is 17.9 Å². The second-order valence-electron chi connectivity index (χ2n) is 6.50. The number of anilines is 1. The highest BCUT2D eigenvalue weighted by molar-refractivity contribution is 7.89. The van der Waals surface area contributed by atoms with E-state index in [0.717, 1.165) is 12.0 Å². The number of nitrogens with zero attached hydrogens (tertiary/aromatic N) is 4. The molecule has 3 heterocycles. The topological polar surface area (TPSA) is 84.9 Å². The van der Waals surface area contributed by atoms with Gasteiger partial charge in [-0.1, -0.05) is 13.3 Å². The Morgan fingerprint density at radius 1 is 1.04 bits per heavy atom. The number of sulfonamides is 1. The first-order chi connectivity index (χ1) is 13.1. The highest BCUT2D eigenvalue weighted by Crippen LogP contribution is 2.38. The van der Waals surface area contributed by atoms with Gasteiger partial charge in [-0.2, -0.15) is 4.31 Å². The third kappa shape index (κ3) is 3.44. The number of hydrogen-bond acceptors (Lipinski definition) is 7. The third-order valence-corrected chi connectivity index (χ3v) is 6.75. The minimum absolute atomic E-state index is 0.125. The summed E-state index contributed by atoms with van der Waals surface area (Å²) in [5.41, 5.74) is 0.774. The molecule has 9 heteroatoms. The molecule has 4 rings (SSSR count). The fourth-order valence-electron chi connectivity index (χ4n) is 3.39. The van der Waals surface area contributed by atoms with E-state index in [1.165, 1.54) is 4.31 Å². The standard InChI is InChI=1S/C18H22N4O4S/c1-2-4-14-11-15-16(26-13-25-15)12-17(14)27(23,24)22-9-7-21(8-10-22)18-19-5-3-6-20-18/h3,5-6,11-12H,2,4,7-10,13H2,1H3. The van der Waals surface area contributed by atoms with Crippen molar-refractivity contribution in [3.05, 3.63) is 36.2 Å². The number of benzene rings is 1. The normalized spacial score (nSPS) is 17.3. The van der Waals surface area contributed by atoms with Crippen LogP contribution in [0.3, 0.4) is 0 Å². The van der Waals surface area contributed by atoms with Crippen molar-refractivity contribution in [1.82, 2.24) is 14.3 Å². The zero-order valence-electron chi connectivity index (χ0n) is 15.2. The van der Waals surface area contributed by atoms with Gasteiger partial charge in [0.15, 0.2) is 11.5 Å². The molecule has 2 aliphatic rings. The van der Waals surface area contributed by atoms with Crippen LogP contribution in [0.15, 0.2) is 35.5 Å². The molecule has 0 unspecified atom stereocenters. The predicted octanol–water partition coefficient (Wildman–Crippen LogP) is 1.67. The number of aromatic nitrogens is 2. The fourth-order valence-corrected chi connectivity index (χ4v) is 5.06. The molecular weight excluding hydrogens is 368 g/mol. The van der Waals surface area contributed by atoms with Gasteiger partial charge in [0.05, 0.1) is 4.90 Å². The average molecular weight is 390 g/mol. The number of hydrogen-bond donors (Lipinski definition) is 0. The molecule has 1 fully saturated rings. The zero-order chi connectivity index (χ0) is 18.9. The molecule has 0 N–H and O–H groups in total. The van der Waals surface area contributed by atoms with Gasteiger partial charge < -0.3 is 14.4 Å². The third-order valence-electron chi connectivity index (χ3n) is 4.77. The second kappa shape index (κ2) is 7.32. The molecule has 0 spiro atoms. The van der Waals surface area contributed by atoms with Crippen LogP contribution in [0.2, 0.25) is 0 Å². The smallest absolute Gasteiger partial charge is 0.243 e. The van der Waals surface area contributed by atoms with Crippen molar-refractivity contribution >= 4 is 16.0 Å². The number of fused-ring (bicyclic) bond motifs is 1. The molecule has 0 saturated carbocycles. The van der Waals surface area contributed by atoms with Gasteiger partial charge in [0.2, 0.25) is 22.8 Å². The highest BCUT2D eigenvalue weighted by Gasteiger charge is 2.32. The number of rotatable bonds is 5. The van der Waals surface area contributed by atoms with Crippen molar-refractivity contribution in [2.24, 2.45) is 0 Å². The maximum Gasteiger partial charge on any atom is 0.243 e. The first-order valence-electron chi connectivity index (χ1n) is 9.04. The van der Waals surface area contributed by atoms with Crippen LogP contribution in [0.4, 0.5) is 5.95 Å². The quantitative estimate of drug-likeness (QED) is 0.768. The number of ether oxygens (including phenoxy) is 2. The van der Waals surface area contributed by atoms with E-state index in [0.29, 0.717) is 54.9 Å². The molecule has 27 heavy (non-hydrogen) atoms. The molecule has 1 aromatic carbocycles. The van der Waals surface area contributed by atoms with Crippen LogP contribution in [-0.4, -0.2) is 55.7 Å². The van der Waals surface area contributed by atoms with Crippen LogP contribution < -0.4 is 14.4 Å². The van der Waals surface area contributed by atoms with Gasteiger partial charge in [-0.25, -0.2) is 18.4 Å². The van der Waals surface area contributed by atoms with Crippen LogP contribution in [0.25, 0.3) is 0 Å². The van der Waals surface area contributed by atoms with Crippen molar-refractivity contribution in [2.45, 2.75) is 24.7 Å². The molecule has 8 nitrogen and oxygen atoms in total. The van der Waals surface area contributed by atoms with Crippen LogP contribution in [0.1, 0.15) is 18.9 Å². The summed E-state index contributed by atoms with van der Waals surface area (Å²) in [5, 5.41) is 0. The van der Waals surface area contributed by atoms with Gasteiger partial charge in [-0.05, 0) is 24.1 Å². The minimum atomic E-state index is -3.61. The Hall–Kier alpha value is -2.39. The Bertz CT molecular complexity index is 912. The second-order valence-corrected chi connectivity index (χ2v) is 8.41. The Morgan fingerprint density at radius 2 is 1.70 bits per heavy atom. The Kier molecular flexibility index (Phi) is 4.88. The van der Waals surface area contributed by atoms with Crippen LogP contribution in [-0.2, 0) is 16.4 Å². The van der Waals surface area contributed by atoms with Gasteiger partial charge in [0, 0.05) is 44.6 Å². The van der Waals surface area contributed by atoms with E-state index in [1.807, 2.05) is 11.8 Å². The lowest BCUT2D eigenvalue weighted by molar-refractivity contribution is 0.174. The predicted molar refractivity (Wildman–Crippen MR) is 99.6 cm³/mol. The van der Waals surface area contributed by atoms with Crippen LogP contribution in [0.5, 0.6) is 11.5 Å². The van der Waals surface area contributed by atoms with E-state index >= 15 is 0 Å². The molecule has 2 aliphatic heterocycles. The van der Waals surface area contributed by atoms with Crippen molar-refractivity contribution in [3.8, 4) is 11.5 Å². The molecule has 0 bridgehead atoms. The highest BCUT2D eigenvalue weighted by atomic mass is 32.2. The van der Waals surface area contributed by atoms with Gasteiger partial charge in [0.25, 0.3) is 0 Å². The lowest BCUT2D eigenvalue weighted by Crippen LogP contribution is -2.49. The maximum atomic E-state index is 13.3. The van der Waals surface area contributed by atoms with E-state index in [9.17, 15) is 8.42 Å². The van der Waals surface area contributed by atoms with E-state index in [-0.39, 0.29) is 6.79 Å². The minimum Gasteiger partial charge on any atom is -0.454 e. The first-order valence-corrected chi connectivity index (χ1v) is 10.5. The monoisotopic (exact) mass is 390 g/mol. The van der Waals surface area contributed by atoms with Crippen molar-refractivity contribution in [2.75, 3.05) is 37.9 Å². The molecule has 2 aromatic rings. The fraction of sp³-hybridized carbons (Fsp3) is 0.444. The number of piperazine rings is 1. The van der Waals surface area contributed by atoms with Crippen molar-refractivity contribution in [1.29, 1.82) is 0 Å². The SMILES string of the molecule is CCCc1cc2c(cc1S(=O)(=O)N1CCN(c3ncccn3)CC1)OCO2. The molecule has 0 atom stereocenters. The van der Waals surface area contributed by atoms with Gasteiger partial charge in [-0.15, -0.1) is 0 Å². The zero-order valence-corrected chi connectivity index (χ0v) is 16.0. The van der Waals surface area contributed by atoms with E-state index in [2.05, 4.69) is 9.97 Å². The van der Waals surface area contributed by atoms with Crippen LogP contribution >= 0.6 is 0 Å². The molecule has 0 radical (unpaired) electrons. The van der Waals surface area contributed by atoms with E-state index < -0.39 is 10.0 Å². The summed E-state index contributed by atoms with van der Waals surface area (Å²) >= 11 is 0. The molecule has 1 saturated heterocycles. The molecule has 144 valence electrons. The van der Waals surface area contributed by atoms with Crippen LogP contribution in [0, 0.1) is 0 Å². The molecule has 0 amide bonds. The summed E-state index contributed by atoms with van der Waals surface area (Å²) in [6.45, 7) is 4.04. The lowest BCUT2D eigenvalue weighted by Gasteiger charge is -2.34. The summed E-state index contributed by atoms with van der Waals surface area (Å²) in [7, 11) is -3.61. The van der Waals surface area contributed by atoms with E-state index in [4.69, 9.17) is 9.47 Å². The Labute approximate surface area is 158 Å². The largest absolute Gasteiger partial charge is 0.454 e. The number of aryl methyl sites for hydroxylation is 1. The summed E-state index contributed by atoms with van der Waals surface area (Å²) in [6, 6.07) is 5.17. The maximum absolute atomic E-state index is 13.3. The summed E-state index contributed by atoms with van der Waals surface area (Å²) in [6.07, 6.45) is 4.90.